The molecular formula is C16H15N3O3S. The molecule has 2 aromatic rings. The number of aromatic nitrogens is 1. The normalized spacial score (nSPS) is 16.2. The SMILES string of the molecule is COc1ncccc1NC(=O)CC1Sc2ccccc2NC1=O. The van der Waals surface area contributed by atoms with Crippen molar-refractivity contribution in [2.45, 2.75) is 16.6 Å². The fourth-order valence-electron chi connectivity index (χ4n) is 2.25. The molecule has 0 saturated carbocycles. The van der Waals surface area contributed by atoms with E-state index in [1.165, 1.54) is 18.9 Å². The molecule has 7 heteroatoms. The van der Waals surface area contributed by atoms with E-state index >= 15 is 0 Å². The number of para-hydroxylation sites is 1. The number of thioether (sulfide) groups is 1. The fourth-order valence-corrected chi connectivity index (χ4v) is 3.36. The molecule has 1 aliphatic heterocycles. The molecule has 118 valence electrons. The summed E-state index contributed by atoms with van der Waals surface area (Å²) in [7, 11) is 1.49. The lowest BCUT2D eigenvalue weighted by Gasteiger charge is -2.23. The summed E-state index contributed by atoms with van der Waals surface area (Å²) < 4.78 is 5.09. The Hall–Kier alpha value is -2.54. The first kappa shape index (κ1) is 15.4. The number of benzene rings is 1. The number of hydrogen-bond acceptors (Lipinski definition) is 5. The Morgan fingerprint density at radius 2 is 2.17 bits per heavy atom. The summed E-state index contributed by atoms with van der Waals surface area (Å²) in [6.45, 7) is 0. The van der Waals surface area contributed by atoms with E-state index in [4.69, 9.17) is 4.74 Å². The lowest BCUT2D eigenvalue weighted by Crippen LogP contribution is -2.32. The predicted molar refractivity (Wildman–Crippen MR) is 88.8 cm³/mol. The van der Waals surface area contributed by atoms with E-state index in [0.717, 1.165) is 10.6 Å². The largest absolute Gasteiger partial charge is 0.480 e. The number of carbonyl (C=O) groups is 2. The van der Waals surface area contributed by atoms with Crippen LogP contribution in [0.4, 0.5) is 11.4 Å². The van der Waals surface area contributed by atoms with E-state index in [0.29, 0.717) is 11.6 Å². The molecule has 1 aromatic heterocycles. The van der Waals surface area contributed by atoms with Gasteiger partial charge in [-0.15, -0.1) is 11.8 Å². The van der Waals surface area contributed by atoms with Gasteiger partial charge in [0.05, 0.1) is 18.0 Å². The predicted octanol–water partition coefficient (Wildman–Crippen LogP) is 2.53. The van der Waals surface area contributed by atoms with Crippen LogP contribution in [0.3, 0.4) is 0 Å². The maximum Gasteiger partial charge on any atom is 0.238 e. The number of hydrogen-bond donors (Lipinski definition) is 2. The number of nitrogens with one attached hydrogen (secondary N) is 2. The third-order valence-electron chi connectivity index (χ3n) is 3.32. The van der Waals surface area contributed by atoms with E-state index < -0.39 is 5.25 Å². The minimum Gasteiger partial charge on any atom is -0.480 e. The minimum atomic E-state index is -0.465. The molecule has 0 spiro atoms. The zero-order chi connectivity index (χ0) is 16.2. The summed E-state index contributed by atoms with van der Waals surface area (Å²) in [5.41, 5.74) is 1.27. The van der Waals surface area contributed by atoms with Crippen LogP contribution in [0, 0.1) is 0 Å². The van der Waals surface area contributed by atoms with Gasteiger partial charge in [-0.05, 0) is 24.3 Å². The van der Waals surface area contributed by atoms with Gasteiger partial charge in [0.2, 0.25) is 17.7 Å². The second-order valence-electron chi connectivity index (χ2n) is 4.90. The van der Waals surface area contributed by atoms with Crippen LogP contribution in [0.2, 0.25) is 0 Å². The molecule has 1 aromatic carbocycles. The molecule has 1 atom stereocenters. The van der Waals surface area contributed by atoms with Crippen molar-refractivity contribution >= 4 is 35.0 Å². The molecule has 2 heterocycles. The monoisotopic (exact) mass is 329 g/mol. The van der Waals surface area contributed by atoms with E-state index in [-0.39, 0.29) is 18.2 Å². The van der Waals surface area contributed by atoms with Crippen LogP contribution >= 0.6 is 11.8 Å². The Morgan fingerprint density at radius 3 is 3.00 bits per heavy atom. The second-order valence-corrected chi connectivity index (χ2v) is 6.15. The van der Waals surface area contributed by atoms with Gasteiger partial charge in [0, 0.05) is 17.5 Å². The molecule has 6 nitrogen and oxygen atoms in total. The molecule has 0 saturated heterocycles. The highest BCUT2D eigenvalue weighted by atomic mass is 32.2. The van der Waals surface area contributed by atoms with Gasteiger partial charge in [0.25, 0.3) is 0 Å². The number of methoxy groups -OCH3 is 1. The van der Waals surface area contributed by atoms with Crippen molar-refractivity contribution in [2.75, 3.05) is 17.7 Å². The van der Waals surface area contributed by atoms with Gasteiger partial charge in [-0.1, -0.05) is 12.1 Å². The lowest BCUT2D eigenvalue weighted by molar-refractivity contribution is -0.120. The first-order chi connectivity index (χ1) is 11.2. The van der Waals surface area contributed by atoms with Crippen molar-refractivity contribution in [1.82, 2.24) is 4.98 Å². The molecule has 1 aliphatic rings. The second kappa shape index (κ2) is 6.70. The maximum absolute atomic E-state index is 12.2. The first-order valence-electron chi connectivity index (χ1n) is 7.03. The van der Waals surface area contributed by atoms with Gasteiger partial charge < -0.3 is 15.4 Å². The highest BCUT2D eigenvalue weighted by molar-refractivity contribution is 8.01. The third-order valence-corrected chi connectivity index (χ3v) is 4.59. The summed E-state index contributed by atoms with van der Waals surface area (Å²) in [4.78, 5) is 29.3. The molecule has 23 heavy (non-hydrogen) atoms. The number of nitrogens with zero attached hydrogens (tertiary/aromatic N) is 1. The first-order valence-corrected chi connectivity index (χ1v) is 7.91. The molecule has 0 aliphatic carbocycles. The number of carbonyl (C=O) groups excluding carboxylic acids is 2. The number of amides is 2. The minimum absolute atomic E-state index is 0.0723. The number of ether oxygens (including phenoxy) is 1. The van der Waals surface area contributed by atoms with Crippen LogP contribution in [0.1, 0.15) is 6.42 Å². The number of rotatable bonds is 4. The quantitative estimate of drug-likeness (QED) is 0.901. The Morgan fingerprint density at radius 1 is 1.35 bits per heavy atom. The maximum atomic E-state index is 12.2. The highest BCUT2D eigenvalue weighted by Crippen LogP contribution is 2.36. The average Bonchev–Trinajstić information content (AvgIpc) is 2.56. The van der Waals surface area contributed by atoms with Gasteiger partial charge in [-0.2, -0.15) is 0 Å². The third kappa shape index (κ3) is 3.45. The van der Waals surface area contributed by atoms with Gasteiger partial charge >= 0.3 is 0 Å². The highest BCUT2D eigenvalue weighted by Gasteiger charge is 2.29. The molecule has 2 N–H and O–H groups in total. The van der Waals surface area contributed by atoms with Crippen LogP contribution in [0.25, 0.3) is 0 Å². The number of fused-ring (bicyclic) bond motifs is 1. The van der Waals surface area contributed by atoms with Gasteiger partial charge in [0.1, 0.15) is 5.69 Å². The summed E-state index contributed by atoms with van der Waals surface area (Å²) in [5, 5.41) is 5.09. The molecule has 0 fully saturated rings. The van der Waals surface area contributed by atoms with Gasteiger partial charge in [-0.25, -0.2) is 4.98 Å². The standard InChI is InChI=1S/C16H15N3O3S/c1-22-16-11(6-4-8-17-16)18-14(20)9-13-15(21)19-10-5-2-3-7-12(10)23-13/h2-8,13H,9H2,1H3,(H,18,20)(H,19,21). The summed E-state index contributed by atoms with van der Waals surface area (Å²) in [6.07, 6.45) is 1.65. The topological polar surface area (TPSA) is 80.3 Å². The molecule has 2 amide bonds. The average molecular weight is 329 g/mol. The zero-order valence-corrected chi connectivity index (χ0v) is 13.2. The summed E-state index contributed by atoms with van der Waals surface area (Å²) in [5.74, 6) is -0.0859. The molecule has 0 bridgehead atoms. The van der Waals surface area contributed by atoms with Crippen LogP contribution in [0.15, 0.2) is 47.5 Å². The van der Waals surface area contributed by atoms with Crippen LogP contribution < -0.4 is 15.4 Å². The van der Waals surface area contributed by atoms with Crippen LogP contribution in [0.5, 0.6) is 5.88 Å². The van der Waals surface area contributed by atoms with Crippen molar-refractivity contribution in [1.29, 1.82) is 0 Å². The Kier molecular flexibility index (Phi) is 4.47. The van der Waals surface area contributed by atoms with Crippen LogP contribution in [-0.2, 0) is 9.59 Å². The van der Waals surface area contributed by atoms with Crippen LogP contribution in [-0.4, -0.2) is 29.2 Å². The smallest absolute Gasteiger partial charge is 0.238 e. The van der Waals surface area contributed by atoms with Crippen molar-refractivity contribution in [3.8, 4) is 5.88 Å². The molecular weight excluding hydrogens is 314 g/mol. The Bertz CT molecular complexity index is 751. The van der Waals surface area contributed by atoms with Crippen molar-refractivity contribution < 1.29 is 14.3 Å². The molecule has 1 unspecified atom stereocenters. The lowest BCUT2D eigenvalue weighted by atomic mass is 10.2. The molecule has 0 radical (unpaired) electrons. The summed E-state index contributed by atoms with van der Waals surface area (Å²) >= 11 is 1.39. The van der Waals surface area contributed by atoms with Gasteiger partial charge in [0.15, 0.2) is 0 Å². The van der Waals surface area contributed by atoms with Crippen molar-refractivity contribution in [3.63, 3.8) is 0 Å². The van der Waals surface area contributed by atoms with Gasteiger partial charge in [-0.3, -0.25) is 9.59 Å². The van der Waals surface area contributed by atoms with E-state index in [1.54, 1.807) is 18.3 Å². The van der Waals surface area contributed by atoms with Crippen molar-refractivity contribution in [2.24, 2.45) is 0 Å². The number of anilines is 2. The summed E-state index contributed by atoms with van der Waals surface area (Å²) in [6, 6.07) is 10.9. The molecule has 3 rings (SSSR count). The Labute approximate surface area is 137 Å². The van der Waals surface area contributed by atoms with E-state index in [1.807, 2.05) is 24.3 Å². The fraction of sp³-hybridized carbons (Fsp3) is 0.188. The zero-order valence-electron chi connectivity index (χ0n) is 12.4. The van der Waals surface area contributed by atoms with E-state index in [9.17, 15) is 9.59 Å². The number of pyridine rings is 1. The van der Waals surface area contributed by atoms with Crippen molar-refractivity contribution in [3.05, 3.63) is 42.6 Å². The Balaban J connectivity index is 1.68. The van der Waals surface area contributed by atoms with E-state index in [2.05, 4.69) is 15.6 Å².